The minimum absolute atomic E-state index is 0.0829. The summed E-state index contributed by atoms with van der Waals surface area (Å²) in [7, 11) is 1.70. The molecule has 0 aliphatic carbocycles. The van der Waals surface area contributed by atoms with Gasteiger partial charge in [0.25, 0.3) is 11.6 Å². The molecule has 1 N–H and O–H groups in total. The lowest BCUT2D eigenvalue weighted by molar-refractivity contribution is -0.384. The molecule has 8 nitrogen and oxygen atoms in total. The molecule has 0 radical (unpaired) electrons. The van der Waals surface area contributed by atoms with Gasteiger partial charge in [0.05, 0.1) is 26.7 Å². The van der Waals surface area contributed by atoms with Crippen LogP contribution in [0, 0.1) is 10.1 Å². The number of fused-ring (bicyclic) bond motifs is 1. The number of hydrogen-bond donors (Lipinski definition) is 1. The number of hydrogen-bond acceptors (Lipinski definition) is 7. The predicted molar refractivity (Wildman–Crippen MR) is 118 cm³/mol. The summed E-state index contributed by atoms with van der Waals surface area (Å²) in [6.07, 6.45) is 0. The fourth-order valence-corrected chi connectivity index (χ4v) is 4.80. The number of non-ortho nitro benzene ring substituents is 1. The molecule has 156 valence electrons. The standard InChI is InChI=1S/C21H23N5O3S/c1-14(20-23-18-5-3-4-6-19(18)30-20)24-9-11-25(12-10-24)21(27)16-13-15(26(28)29)7-8-17(16)22-2/h3-8,13-14,22H,9-12H2,1-2H3/t14-/m0/s1. The topological polar surface area (TPSA) is 91.6 Å². The Kier molecular flexibility index (Phi) is 5.65. The zero-order valence-corrected chi connectivity index (χ0v) is 17.7. The molecule has 9 heteroatoms. The second-order valence-electron chi connectivity index (χ2n) is 7.26. The molecule has 1 aliphatic rings. The van der Waals surface area contributed by atoms with Gasteiger partial charge in [-0.2, -0.15) is 0 Å². The molecule has 1 fully saturated rings. The molecule has 1 aromatic heterocycles. The van der Waals surface area contributed by atoms with Crippen LogP contribution in [0.15, 0.2) is 42.5 Å². The SMILES string of the molecule is CNc1ccc([N+](=O)[O-])cc1C(=O)N1CCN([C@@H](C)c2nc3ccccc3s2)CC1. The van der Waals surface area contributed by atoms with Crippen molar-refractivity contribution in [2.24, 2.45) is 0 Å². The monoisotopic (exact) mass is 425 g/mol. The van der Waals surface area contributed by atoms with E-state index in [9.17, 15) is 14.9 Å². The van der Waals surface area contributed by atoms with E-state index in [4.69, 9.17) is 4.98 Å². The minimum atomic E-state index is -0.478. The van der Waals surface area contributed by atoms with E-state index >= 15 is 0 Å². The number of rotatable bonds is 5. The molecule has 0 unspecified atom stereocenters. The largest absolute Gasteiger partial charge is 0.387 e. The Labute approximate surface area is 178 Å². The molecule has 30 heavy (non-hydrogen) atoms. The summed E-state index contributed by atoms with van der Waals surface area (Å²) in [4.78, 5) is 32.5. The highest BCUT2D eigenvalue weighted by atomic mass is 32.1. The van der Waals surface area contributed by atoms with Crippen LogP contribution in [-0.2, 0) is 0 Å². The van der Waals surface area contributed by atoms with Gasteiger partial charge in [-0.25, -0.2) is 4.98 Å². The average Bonchev–Trinajstić information content (AvgIpc) is 3.22. The summed E-state index contributed by atoms with van der Waals surface area (Å²) in [5.41, 5.74) is 1.86. The third kappa shape index (κ3) is 3.86. The van der Waals surface area contributed by atoms with Crippen molar-refractivity contribution in [2.75, 3.05) is 38.5 Å². The first-order valence-corrected chi connectivity index (χ1v) is 10.6. The van der Waals surface area contributed by atoms with Crippen LogP contribution in [0.4, 0.5) is 11.4 Å². The third-order valence-electron chi connectivity index (χ3n) is 5.53. The zero-order chi connectivity index (χ0) is 21.3. The quantitative estimate of drug-likeness (QED) is 0.494. The molecule has 0 bridgehead atoms. The van der Waals surface area contributed by atoms with Gasteiger partial charge >= 0.3 is 0 Å². The Hall–Kier alpha value is -3.04. The van der Waals surface area contributed by atoms with Crippen LogP contribution in [-0.4, -0.2) is 58.8 Å². The first kappa shape index (κ1) is 20.2. The highest BCUT2D eigenvalue weighted by Crippen LogP contribution is 2.30. The number of nitrogens with one attached hydrogen (secondary N) is 1. The van der Waals surface area contributed by atoms with Crippen molar-refractivity contribution in [2.45, 2.75) is 13.0 Å². The molecule has 2 heterocycles. The highest BCUT2D eigenvalue weighted by Gasteiger charge is 2.28. The van der Waals surface area contributed by atoms with Gasteiger partial charge in [-0.1, -0.05) is 12.1 Å². The van der Waals surface area contributed by atoms with Crippen molar-refractivity contribution in [3.05, 3.63) is 63.1 Å². The Morgan fingerprint density at radius 2 is 1.93 bits per heavy atom. The van der Waals surface area contributed by atoms with E-state index in [1.807, 2.05) is 18.2 Å². The number of carbonyl (C=O) groups excluding carboxylic acids is 1. The van der Waals surface area contributed by atoms with Gasteiger partial charge < -0.3 is 10.2 Å². The molecular weight excluding hydrogens is 402 g/mol. The van der Waals surface area contributed by atoms with Crippen molar-refractivity contribution >= 4 is 38.8 Å². The second-order valence-corrected chi connectivity index (χ2v) is 8.32. The van der Waals surface area contributed by atoms with Gasteiger partial charge in [-0.05, 0) is 25.1 Å². The maximum atomic E-state index is 13.1. The van der Waals surface area contributed by atoms with Crippen molar-refractivity contribution < 1.29 is 9.72 Å². The molecule has 0 spiro atoms. The van der Waals surface area contributed by atoms with E-state index in [1.165, 1.54) is 16.8 Å². The lowest BCUT2D eigenvalue weighted by Crippen LogP contribution is -2.49. The van der Waals surface area contributed by atoms with Gasteiger partial charge in [0.2, 0.25) is 0 Å². The van der Waals surface area contributed by atoms with Crippen LogP contribution >= 0.6 is 11.3 Å². The predicted octanol–water partition coefficient (Wildman–Crippen LogP) is 3.77. The first-order valence-electron chi connectivity index (χ1n) is 9.83. The van der Waals surface area contributed by atoms with Crippen molar-refractivity contribution in [3.8, 4) is 0 Å². The number of nitrogens with zero attached hydrogens (tertiary/aromatic N) is 4. The Bertz CT molecular complexity index is 1060. The zero-order valence-electron chi connectivity index (χ0n) is 16.9. The van der Waals surface area contributed by atoms with E-state index in [-0.39, 0.29) is 17.6 Å². The Balaban J connectivity index is 1.46. The minimum Gasteiger partial charge on any atom is -0.387 e. The van der Waals surface area contributed by atoms with Gasteiger partial charge in [-0.3, -0.25) is 19.8 Å². The molecule has 1 aliphatic heterocycles. The van der Waals surface area contributed by atoms with E-state index < -0.39 is 4.92 Å². The van der Waals surface area contributed by atoms with E-state index in [0.717, 1.165) is 23.6 Å². The van der Waals surface area contributed by atoms with Crippen LogP contribution in [0.5, 0.6) is 0 Å². The number of nitro benzene ring substituents is 1. The number of anilines is 1. The summed E-state index contributed by atoms with van der Waals surface area (Å²) in [5.74, 6) is -0.185. The van der Waals surface area contributed by atoms with Crippen LogP contribution < -0.4 is 5.32 Å². The maximum Gasteiger partial charge on any atom is 0.270 e. The molecule has 1 saturated heterocycles. The Morgan fingerprint density at radius 3 is 2.60 bits per heavy atom. The molecule has 0 saturated carbocycles. The highest BCUT2D eigenvalue weighted by molar-refractivity contribution is 7.18. The lowest BCUT2D eigenvalue weighted by atomic mass is 10.1. The fraction of sp³-hybridized carbons (Fsp3) is 0.333. The summed E-state index contributed by atoms with van der Waals surface area (Å²) in [6.45, 7) is 4.74. The molecule has 3 aromatic rings. The third-order valence-corrected chi connectivity index (χ3v) is 6.74. The van der Waals surface area contributed by atoms with Gasteiger partial charge in [0, 0.05) is 51.0 Å². The second kappa shape index (κ2) is 8.37. The number of aromatic nitrogens is 1. The van der Waals surface area contributed by atoms with Gasteiger partial charge in [-0.15, -0.1) is 11.3 Å². The van der Waals surface area contributed by atoms with Crippen molar-refractivity contribution in [3.63, 3.8) is 0 Å². The fourth-order valence-electron chi connectivity index (χ4n) is 3.75. The van der Waals surface area contributed by atoms with Crippen LogP contribution in [0.3, 0.4) is 0 Å². The normalized spacial score (nSPS) is 15.9. The lowest BCUT2D eigenvalue weighted by Gasteiger charge is -2.37. The molecule has 1 amide bonds. The van der Waals surface area contributed by atoms with Crippen LogP contribution in [0.2, 0.25) is 0 Å². The molecule has 1 atom stereocenters. The van der Waals surface area contributed by atoms with E-state index in [1.54, 1.807) is 29.4 Å². The summed E-state index contributed by atoms with van der Waals surface area (Å²) in [5, 5.41) is 15.1. The first-order chi connectivity index (χ1) is 14.5. The molecule has 2 aromatic carbocycles. The number of para-hydroxylation sites is 1. The van der Waals surface area contributed by atoms with Crippen LogP contribution in [0.1, 0.15) is 28.3 Å². The number of amides is 1. The van der Waals surface area contributed by atoms with Crippen molar-refractivity contribution in [1.82, 2.24) is 14.8 Å². The van der Waals surface area contributed by atoms with E-state index in [0.29, 0.717) is 24.3 Å². The smallest absolute Gasteiger partial charge is 0.270 e. The van der Waals surface area contributed by atoms with Crippen LogP contribution in [0.25, 0.3) is 10.2 Å². The number of benzene rings is 2. The van der Waals surface area contributed by atoms with Crippen molar-refractivity contribution in [1.29, 1.82) is 0 Å². The summed E-state index contributed by atoms with van der Waals surface area (Å²) >= 11 is 1.71. The summed E-state index contributed by atoms with van der Waals surface area (Å²) < 4.78 is 1.18. The summed E-state index contributed by atoms with van der Waals surface area (Å²) in [6, 6.07) is 12.6. The number of carbonyl (C=O) groups is 1. The Morgan fingerprint density at radius 1 is 1.20 bits per heavy atom. The maximum absolute atomic E-state index is 13.1. The molecular formula is C21H23N5O3S. The number of piperazine rings is 1. The molecule has 4 rings (SSSR count). The number of nitro groups is 1. The van der Waals surface area contributed by atoms with E-state index in [2.05, 4.69) is 23.2 Å². The van der Waals surface area contributed by atoms with Gasteiger partial charge in [0.15, 0.2) is 0 Å². The average molecular weight is 426 g/mol. The number of thiazole rings is 1. The van der Waals surface area contributed by atoms with Gasteiger partial charge in [0.1, 0.15) is 5.01 Å².